The van der Waals surface area contributed by atoms with E-state index in [9.17, 15) is 0 Å². The van der Waals surface area contributed by atoms with Gasteiger partial charge >= 0.3 is 0 Å². The van der Waals surface area contributed by atoms with Gasteiger partial charge in [-0.05, 0) is 29.8 Å². The van der Waals surface area contributed by atoms with Crippen LogP contribution in [-0.4, -0.2) is 15.0 Å². The van der Waals surface area contributed by atoms with Gasteiger partial charge in [-0.3, -0.25) is 0 Å². The second-order valence-corrected chi connectivity index (χ2v) is 6.03. The number of hydrogen-bond donors (Lipinski definition) is 0. The van der Waals surface area contributed by atoms with Crippen LogP contribution >= 0.6 is 0 Å². The fraction of sp³-hybridized carbons (Fsp3) is 0.100. The fourth-order valence-corrected chi connectivity index (χ4v) is 3.45. The molecule has 5 rings (SSSR count). The minimum atomic E-state index is 0.155. The molecule has 4 nitrogen and oxygen atoms in total. The summed E-state index contributed by atoms with van der Waals surface area (Å²) >= 11 is 0. The van der Waals surface area contributed by atoms with Crippen LogP contribution in [-0.2, 0) is 0 Å². The Balaban J connectivity index is 1.63. The lowest BCUT2D eigenvalue weighted by atomic mass is 10.1. The van der Waals surface area contributed by atoms with Crippen molar-refractivity contribution in [2.24, 2.45) is 0 Å². The summed E-state index contributed by atoms with van der Waals surface area (Å²) in [5, 5.41) is 8.76. The summed E-state index contributed by atoms with van der Waals surface area (Å²) in [5.74, 6) is 0. The van der Waals surface area contributed by atoms with E-state index < -0.39 is 0 Å². The van der Waals surface area contributed by atoms with Gasteiger partial charge in [0.2, 0.25) is 0 Å². The molecule has 0 N–H and O–H groups in total. The molecule has 1 aliphatic rings. The third-order valence-electron chi connectivity index (χ3n) is 4.60. The van der Waals surface area contributed by atoms with Gasteiger partial charge in [0, 0.05) is 5.69 Å². The summed E-state index contributed by atoms with van der Waals surface area (Å²) < 4.78 is 2.04. The molecule has 0 bridgehead atoms. The molecule has 0 unspecified atom stereocenters. The summed E-state index contributed by atoms with van der Waals surface area (Å²) in [6.45, 7) is 0. The molecule has 0 radical (unpaired) electrons. The molecule has 0 saturated carbocycles. The first-order valence-corrected chi connectivity index (χ1v) is 8.12. The summed E-state index contributed by atoms with van der Waals surface area (Å²) in [6.07, 6.45) is 0.155. The van der Waals surface area contributed by atoms with E-state index in [1.54, 1.807) is 0 Å². The average Bonchev–Trinajstić information content (AvgIpc) is 3.26. The highest BCUT2D eigenvalue weighted by Gasteiger charge is 2.51. The maximum Gasteiger partial charge on any atom is 0.151 e. The number of fused-ring (bicyclic) bond motifs is 1. The molecule has 2 atom stereocenters. The molecule has 1 aliphatic heterocycles. The van der Waals surface area contributed by atoms with Gasteiger partial charge in [-0.2, -0.15) is 0 Å². The van der Waals surface area contributed by atoms with Crippen molar-refractivity contribution in [3.8, 4) is 0 Å². The quantitative estimate of drug-likeness (QED) is 0.532. The van der Waals surface area contributed by atoms with Crippen molar-refractivity contribution in [2.75, 3.05) is 4.90 Å². The van der Waals surface area contributed by atoms with Gasteiger partial charge in [0.15, 0.2) is 6.17 Å². The Morgan fingerprint density at radius 1 is 0.708 bits per heavy atom. The number of hydrogen-bond acceptors (Lipinski definition) is 3. The third-order valence-corrected chi connectivity index (χ3v) is 4.60. The summed E-state index contributed by atoms with van der Waals surface area (Å²) in [7, 11) is 0. The largest absolute Gasteiger partial charge is 0.336 e. The predicted octanol–water partition coefficient (Wildman–Crippen LogP) is 4.19. The third kappa shape index (κ3) is 2.00. The van der Waals surface area contributed by atoms with E-state index in [-0.39, 0.29) is 12.2 Å². The molecule has 1 aromatic heterocycles. The fourth-order valence-electron chi connectivity index (χ4n) is 3.45. The molecular weight excluding hydrogens is 296 g/mol. The first-order chi connectivity index (χ1) is 11.9. The SMILES string of the molecule is c1ccc([C@@H]2[C@H](n3nnc4ccccc43)N2c2ccccc2)cc1. The predicted molar refractivity (Wildman–Crippen MR) is 94.7 cm³/mol. The molecule has 4 aromatic rings. The first-order valence-electron chi connectivity index (χ1n) is 8.12. The Bertz CT molecular complexity index is 933. The number of rotatable bonds is 3. The van der Waals surface area contributed by atoms with Gasteiger partial charge in [-0.1, -0.05) is 65.9 Å². The van der Waals surface area contributed by atoms with E-state index in [1.165, 1.54) is 11.3 Å². The van der Waals surface area contributed by atoms with Crippen molar-refractivity contribution in [1.82, 2.24) is 15.0 Å². The lowest BCUT2D eigenvalue weighted by Gasteiger charge is -2.06. The van der Waals surface area contributed by atoms with Gasteiger partial charge < -0.3 is 4.90 Å². The van der Waals surface area contributed by atoms with Crippen LogP contribution in [0.15, 0.2) is 84.9 Å². The van der Waals surface area contributed by atoms with Crippen LogP contribution in [0.4, 0.5) is 5.69 Å². The molecular formula is C20H16N4. The number of anilines is 1. The van der Waals surface area contributed by atoms with Crippen LogP contribution < -0.4 is 4.90 Å². The molecule has 2 heterocycles. The van der Waals surface area contributed by atoms with E-state index in [1.807, 2.05) is 28.9 Å². The van der Waals surface area contributed by atoms with Gasteiger partial charge in [0.05, 0.1) is 11.6 Å². The Hall–Kier alpha value is -3.14. The van der Waals surface area contributed by atoms with Crippen molar-refractivity contribution >= 4 is 16.7 Å². The van der Waals surface area contributed by atoms with Crippen LogP contribution in [0.2, 0.25) is 0 Å². The molecule has 24 heavy (non-hydrogen) atoms. The smallest absolute Gasteiger partial charge is 0.151 e. The standard InChI is InChI=1S/C20H16N4/c1-3-9-15(10-4-1)19-20(23(19)16-11-5-2-6-12-16)24-18-14-8-7-13-17(18)21-22-24/h1-14,19-20H/t19-,20+,23?/m1/s1. The molecule has 0 aliphatic carbocycles. The summed E-state index contributed by atoms with van der Waals surface area (Å²) in [6, 6.07) is 29.5. The van der Waals surface area contributed by atoms with Gasteiger partial charge in [0.1, 0.15) is 5.52 Å². The van der Waals surface area contributed by atoms with E-state index in [0.29, 0.717) is 0 Å². The molecule has 116 valence electrons. The maximum atomic E-state index is 4.43. The second-order valence-electron chi connectivity index (χ2n) is 6.03. The lowest BCUT2D eigenvalue weighted by Crippen LogP contribution is -2.03. The molecule has 0 spiro atoms. The topological polar surface area (TPSA) is 33.7 Å². The number of nitrogens with zero attached hydrogens (tertiary/aromatic N) is 4. The molecule has 1 fully saturated rings. The van der Waals surface area contributed by atoms with E-state index in [2.05, 4.69) is 75.9 Å². The highest BCUT2D eigenvalue weighted by Crippen LogP contribution is 2.54. The zero-order valence-electron chi connectivity index (χ0n) is 13.0. The Morgan fingerprint density at radius 2 is 1.38 bits per heavy atom. The van der Waals surface area contributed by atoms with Crippen molar-refractivity contribution in [1.29, 1.82) is 0 Å². The van der Waals surface area contributed by atoms with Gasteiger partial charge in [-0.25, -0.2) is 4.68 Å². The van der Waals surface area contributed by atoms with Crippen LogP contribution in [0.25, 0.3) is 11.0 Å². The number of aromatic nitrogens is 3. The molecule has 3 aromatic carbocycles. The highest BCUT2D eigenvalue weighted by molar-refractivity contribution is 5.75. The average molecular weight is 312 g/mol. The minimum absolute atomic E-state index is 0.155. The van der Waals surface area contributed by atoms with E-state index >= 15 is 0 Å². The van der Waals surface area contributed by atoms with Crippen molar-refractivity contribution in [3.63, 3.8) is 0 Å². The highest BCUT2D eigenvalue weighted by atomic mass is 15.6. The molecule has 0 amide bonds. The van der Waals surface area contributed by atoms with E-state index in [4.69, 9.17) is 0 Å². The van der Waals surface area contributed by atoms with Crippen molar-refractivity contribution < 1.29 is 0 Å². The second kappa shape index (κ2) is 5.20. The Kier molecular flexibility index (Phi) is 2.88. The van der Waals surface area contributed by atoms with Gasteiger partial charge in [0.25, 0.3) is 0 Å². The Labute approximate surface area is 140 Å². The normalized spacial score (nSPS) is 19.6. The first kappa shape index (κ1) is 13.3. The zero-order valence-corrected chi connectivity index (χ0v) is 13.0. The number of para-hydroxylation sites is 2. The van der Waals surface area contributed by atoms with Crippen LogP contribution in [0, 0.1) is 0 Å². The van der Waals surface area contributed by atoms with Crippen LogP contribution in [0.5, 0.6) is 0 Å². The van der Waals surface area contributed by atoms with Gasteiger partial charge in [-0.15, -0.1) is 5.10 Å². The van der Waals surface area contributed by atoms with Crippen molar-refractivity contribution in [3.05, 3.63) is 90.5 Å². The maximum absolute atomic E-state index is 4.43. The molecule has 4 heteroatoms. The summed E-state index contributed by atoms with van der Waals surface area (Å²) in [4.78, 5) is 2.39. The Morgan fingerprint density at radius 3 is 2.17 bits per heavy atom. The van der Waals surface area contributed by atoms with Crippen LogP contribution in [0.3, 0.4) is 0 Å². The monoisotopic (exact) mass is 312 g/mol. The lowest BCUT2D eigenvalue weighted by molar-refractivity contribution is 0.615. The zero-order chi connectivity index (χ0) is 15.9. The molecule has 1 saturated heterocycles. The number of benzene rings is 3. The van der Waals surface area contributed by atoms with Crippen LogP contribution in [0.1, 0.15) is 17.8 Å². The van der Waals surface area contributed by atoms with Crippen molar-refractivity contribution in [2.45, 2.75) is 12.2 Å². The minimum Gasteiger partial charge on any atom is -0.336 e. The summed E-state index contributed by atoms with van der Waals surface area (Å²) in [5.41, 5.74) is 4.51. The van der Waals surface area contributed by atoms with E-state index in [0.717, 1.165) is 11.0 Å².